The number of para-hydroxylation sites is 2. The SMILES string of the molecule is [2H]c1cc([2H])c2c(c1)c1c([2H])c3c(c([2H])c1n2-c1cc(-c2ccccc2)cc(-c2ccccc2)c1)c1cc([2H])cc([2H])c1n3-c1nc(-c2ccccc2)nc(-c2ccccc2)n1. The third-order valence-electron chi connectivity index (χ3n) is 10.2. The zero-order valence-corrected chi connectivity index (χ0v) is 29.8. The highest BCUT2D eigenvalue weighted by molar-refractivity contribution is 6.19. The van der Waals surface area contributed by atoms with Gasteiger partial charge in [-0.05, 0) is 64.6 Å². The lowest BCUT2D eigenvalue weighted by atomic mass is 9.98. The van der Waals surface area contributed by atoms with E-state index in [2.05, 4.69) is 6.07 Å². The van der Waals surface area contributed by atoms with Gasteiger partial charge in [0.25, 0.3) is 0 Å². The first-order valence-electron chi connectivity index (χ1n) is 21.4. The maximum Gasteiger partial charge on any atom is 0.238 e. The Kier molecular flexibility index (Phi) is 6.10. The lowest BCUT2D eigenvalue weighted by Gasteiger charge is -2.14. The Hall–Kier alpha value is -7.63. The fourth-order valence-corrected chi connectivity index (χ4v) is 7.63. The van der Waals surface area contributed by atoms with Gasteiger partial charge in [0.15, 0.2) is 11.6 Å². The molecule has 0 bridgehead atoms. The number of aromatic nitrogens is 5. The molecule has 0 amide bonds. The van der Waals surface area contributed by atoms with E-state index < -0.39 is 0 Å². The lowest BCUT2D eigenvalue weighted by molar-refractivity contribution is 0.954. The lowest BCUT2D eigenvalue weighted by Crippen LogP contribution is -2.06. The Morgan fingerprint density at radius 2 is 0.786 bits per heavy atom. The van der Waals surface area contributed by atoms with Gasteiger partial charge < -0.3 is 4.57 Å². The van der Waals surface area contributed by atoms with Crippen LogP contribution in [0.5, 0.6) is 0 Å². The molecule has 0 saturated heterocycles. The molecule has 0 radical (unpaired) electrons. The first kappa shape index (κ1) is 26.2. The molecule has 5 nitrogen and oxygen atoms in total. The molecular formula is C51H33N5. The van der Waals surface area contributed by atoms with Crippen LogP contribution in [0.3, 0.4) is 0 Å². The van der Waals surface area contributed by atoms with Gasteiger partial charge in [-0.2, -0.15) is 9.97 Å². The molecule has 0 aliphatic heterocycles. The highest BCUT2D eigenvalue weighted by Crippen LogP contribution is 2.41. The van der Waals surface area contributed by atoms with Crippen molar-refractivity contribution in [1.29, 1.82) is 0 Å². The molecule has 8 aromatic carbocycles. The summed E-state index contributed by atoms with van der Waals surface area (Å²) in [7, 11) is 0. The zero-order valence-electron chi connectivity index (χ0n) is 35.8. The Bertz CT molecular complexity index is 3220. The van der Waals surface area contributed by atoms with Crippen molar-refractivity contribution in [2.45, 2.75) is 0 Å². The number of benzene rings is 8. The van der Waals surface area contributed by atoms with Gasteiger partial charge in [0.05, 0.1) is 30.3 Å². The van der Waals surface area contributed by atoms with Gasteiger partial charge in [-0.15, -0.1) is 0 Å². The van der Waals surface area contributed by atoms with Gasteiger partial charge in [0, 0.05) is 38.4 Å². The van der Waals surface area contributed by atoms with E-state index in [0.717, 1.165) is 33.4 Å². The minimum Gasteiger partial charge on any atom is -0.309 e. The number of nitrogens with zero attached hydrogens (tertiary/aromatic N) is 5. The second-order valence-corrected chi connectivity index (χ2v) is 13.6. The molecule has 262 valence electrons. The van der Waals surface area contributed by atoms with Crippen LogP contribution in [0.15, 0.2) is 200 Å². The maximum absolute atomic E-state index is 10.3. The summed E-state index contributed by atoms with van der Waals surface area (Å²) in [5, 5.41) is 1.60. The van der Waals surface area contributed by atoms with E-state index >= 15 is 0 Å². The summed E-state index contributed by atoms with van der Waals surface area (Å²) < 4.78 is 60.3. The van der Waals surface area contributed by atoms with Crippen LogP contribution in [0, 0.1) is 0 Å². The van der Waals surface area contributed by atoms with Crippen LogP contribution in [0.1, 0.15) is 8.22 Å². The molecule has 0 aliphatic rings. The van der Waals surface area contributed by atoms with Gasteiger partial charge in [0.1, 0.15) is 0 Å². The molecule has 0 fully saturated rings. The second-order valence-electron chi connectivity index (χ2n) is 13.6. The first-order chi connectivity index (χ1) is 30.2. The van der Waals surface area contributed by atoms with Crippen LogP contribution in [-0.4, -0.2) is 24.1 Å². The second kappa shape index (κ2) is 13.0. The van der Waals surface area contributed by atoms with Crippen molar-refractivity contribution in [3.63, 3.8) is 0 Å². The van der Waals surface area contributed by atoms with Crippen molar-refractivity contribution in [1.82, 2.24) is 24.1 Å². The minimum atomic E-state index is 0.00677. The van der Waals surface area contributed by atoms with Crippen LogP contribution in [0.2, 0.25) is 0 Å². The summed E-state index contributed by atoms with van der Waals surface area (Å²) in [4.78, 5) is 14.9. The smallest absolute Gasteiger partial charge is 0.238 e. The van der Waals surface area contributed by atoms with E-state index in [0.29, 0.717) is 55.4 Å². The van der Waals surface area contributed by atoms with Crippen molar-refractivity contribution in [2.75, 3.05) is 0 Å². The monoisotopic (exact) mass is 721 g/mol. The fraction of sp³-hybridized carbons (Fsp3) is 0. The average molecular weight is 722 g/mol. The Labute approximate surface area is 331 Å². The van der Waals surface area contributed by atoms with Gasteiger partial charge in [-0.3, -0.25) is 4.57 Å². The molecule has 0 atom stereocenters. The molecule has 3 aromatic heterocycles. The van der Waals surface area contributed by atoms with E-state index in [-0.39, 0.29) is 47.7 Å². The number of hydrogen-bond acceptors (Lipinski definition) is 3. The summed E-state index contributed by atoms with van der Waals surface area (Å²) in [5.74, 6) is 0.910. The van der Waals surface area contributed by atoms with Crippen LogP contribution < -0.4 is 0 Å². The molecule has 5 heteroatoms. The summed E-state index contributed by atoms with van der Waals surface area (Å²) in [6.45, 7) is 0. The van der Waals surface area contributed by atoms with E-state index in [4.69, 9.17) is 17.7 Å². The standard InChI is InChI=1S/C51H33N5/c1-5-17-34(18-6-1)38-29-39(35-19-7-2-8-20-35)31-40(30-38)55-45-27-15-13-25-41(45)43-33-48-44(32-47(43)55)42-26-14-16-28-46(42)56(48)51-53-49(36-21-9-3-10-22-36)52-50(54-51)37-23-11-4-12-24-37/h1-33H/i13D,14D,27D,28D,32D,33D. The third-order valence-corrected chi connectivity index (χ3v) is 10.2. The summed E-state index contributed by atoms with van der Waals surface area (Å²) in [6.07, 6.45) is 0. The van der Waals surface area contributed by atoms with E-state index in [1.165, 1.54) is 12.1 Å². The third kappa shape index (κ3) is 5.29. The molecular weight excluding hydrogens is 683 g/mol. The van der Waals surface area contributed by atoms with E-state index in [1.807, 2.05) is 138 Å². The van der Waals surface area contributed by atoms with Gasteiger partial charge in [-0.25, -0.2) is 4.98 Å². The van der Waals surface area contributed by atoms with Crippen LogP contribution in [-0.2, 0) is 0 Å². The number of fused-ring (bicyclic) bond motifs is 6. The van der Waals surface area contributed by atoms with Crippen molar-refractivity contribution in [3.05, 3.63) is 200 Å². The predicted octanol–water partition coefficient (Wildman–Crippen LogP) is 12.7. The normalized spacial score (nSPS) is 13.1. The van der Waals surface area contributed by atoms with Crippen molar-refractivity contribution in [2.24, 2.45) is 0 Å². The van der Waals surface area contributed by atoms with Gasteiger partial charge >= 0.3 is 0 Å². The molecule has 11 rings (SSSR count). The molecule has 0 saturated carbocycles. The molecule has 0 spiro atoms. The Morgan fingerprint density at radius 1 is 0.357 bits per heavy atom. The molecule has 56 heavy (non-hydrogen) atoms. The first-order valence-corrected chi connectivity index (χ1v) is 18.4. The Balaban J connectivity index is 1.31. The largest absolute Gasteiger partial charge is 0.309 e. The Morgan fingerprint density at radius 3 is 1.27 bits per heavy atom. The highest BCUT2D eigenvalue weighted by atomic mass is 15.2. The molecule has 11 aromatic rings. The topological polar surface area (TPSA) is 48.5 Å². The van der Waals surface area contributed by atoms with Crippen molar-refractivity contribution < 1.29 is 8.22 Å². The molecule has 0 unspecified atom stereocenters. The van der Waals surface area contributed by atoms with Gasteiger partial charge in [0.2, 0.25) is 5.95 Å². The highest BCUT2D eigenvalue weighted by Gasteiger charge is 2.21. The summed E-state index contributed by atoms with van der Waals surface area (Å²) in [5.41, 5.74) is 7.39. The maximum atomic E-state index is 10.3. The van der Waals surface area contributed by atoms with Crippen LogP contribution in [0.25, 0.3) is 100 Å². The van der Waals surface area contributed by atoms with Gasteiger partial charge in [-0.1, -0.05) is 158 Å². The number of hydrogen-bond donors (Lipinski definition) is 0. The minimum absolute atomic E-state index is 0.00677. The quantitative estimate of drug-likeness (QED) is 0.172. The summed E-state index contributed by atoms with van der Waals surface area (Å²) >= 11 is 0. The molecule has 0 aliphatic carbocycles. The predicted molar refractivity (Wildman–Crippen MR) is 230 cm³/mol. The average Bonchev–Trinajstić information content (AvgIpc) is 3.84. The van der Waals surface area contributed by atoms with E-state index in [9.17, 15) is 5.48 Å². The molecule has 0 N–H and O–H groups in total. The zero-order chi connectivity index (χ0) is 42.2. The van der Waals surface area contributed by atoms with Crippen LogP contribution in [0.4, 0.5) is 0 Å². The van der Waals surface area contributed by atoms with Crippen LogP contribution >= 0.6 is 0 Å². The molecule has 3 heterocycles. The number of rotatable bonds is 6. The van der Waals surface area contributed by atoms with Crippen molar-refractivity contribution in [3.8, 4) is 56.7 Å². The summed E-state index contributed by atoms with van der Waals surface area (Å²) in [6, 6.07) is 51.9. The fourth-order valence-electron chi connectivity index (χ4n) is 7.63. The van der Waals surface area contributed by atoms with Crippen molar-refractivity contribution >= 4 is 43.6 Å². The van der Waals surface area contributed by atoms with E-state index in [1.54, 1.807) is 16.7 Å².